The third-order valence-corrected chi connectivity index (χ3v) is 3.44. The highest BCUT2D eigenvalue weighted by Crippen LogP contribution is 2.15. The second kappa shape index (κ2) is 7.54. The van der Waals surface area contributed by atoms with Crippen molar-refractivity contribution in [2.24, 2.45) is 0 Å². The Balaban J connectivity index is 1.65. The highest BCUT2D eigenvalue weighted by Gasteiger charge is 2.04. The van der Waals surface area contributed by atoms with E-state index in [1.54, 1.807) is 11.6 Å². The number of fused-ring (bicyclic) bond motifs is 1. The number of aromatic amines is 1. The van der Waals surface area contributed by atoms with E-state index >= 15 is 0 Å². The van der Waals surface area contributed by atoms with Crippen LogP contribution in [0.1, 0.15) is 17.0 Å². The largest absolute Gasteiger partial charge is 0.369 e. The van der Waals surface area contributed by atoms with Crippen LogP contribution < -0.4 is 5.48 Å². The number of hydrogen-bond donors (Lipinski definition) is 3. The summed E-state index contributed by atoms with van der Waals surface area (Å²) >= 11 is 0. The second-order valence-corrected chi connectivity index (χ2v) is 5.25. The quantitative estimate of drug-likeness (QED) is 0.370. The van der Waals surface area contributed by atoms with Crippen molar-refractivity contribution in [1.82, 2.24) is 15.4 Å². The van der Waals surface area contributed by atoms with Gasteiger partial charge in [0.05, 0.1) is 17.6 Å². The Morgan fingerprint density at radius 3 is 2.83 bits per heavy atom. The van der Waals surface area contributed by atoms with Gasteiger partial charge in [0, 0.05) is 6.08 Å². The van der Waals surface area contributed by atoms with Crippen molar-refractivity contribution < 1.29 is 14.7 Å². The van der Waals surface area contributed by atoms with Gasteiger partial charge < -0.3 is 9.72 Å². The van der Waals surface area contributed by atoms with Gasteiger partial charge in [-0.15, -0.1) is 0 Å². The van der Waals surface area contributed by atoms with E-state index in [-0.39, 0.29) is 0 Å². The number of carbonyl (C=O) groups is 1. The van der Waals surface area contributed by atoms with Gasteiger partial charge in [-0.2, -0.15) is 0 Å². The van der Waals surface area contributed by atoms with Crippen molar-refractivity contribution in [3.05, 3.63) is 71.6 Å². The molecule has 0 saturated heterocycles. The molecule has 0 fully saturated rings. The van der Waals surface area contributed by atoms with E-state index in [2.05, 4.69) is 9.97 Å². The Morgan fingerprint density at radius 2 is 2.04 bits per heavy atom. The van der Waals surface area contributed by atoms with Crippen LogP contribution in [0.5, 0.6) is 0 Å². The van der Waals surface area contributed by atoms with Crippen molar-refractivity contribution in [3.8, 4) is 0 Å². The lowest BCUT2D eigenvalue weighted by Gasteiger charge is -2.01. The summed E-state index contributed by atoms with van der Waals surface area (Å²) in [5, 5.41) is 8.47. The molecule has 2 aromatic carbocycles. The second-order valence-electron chi connectivity index (χ2n) is 5.25. The number of benzene rings is 2. The molecule has 3 aromatic rings. The maximum absolute atomic E-state index is 11.0. The minimum absolute atomic E-state index is 0.391. The zero-order valence-corrected chi connectivity index (χ0v) is 12.9. The number of nitrogens with zero attached hydrogens (tertiary/aromatic N) is 1. The van der Waals surface area contributed by atoms with Crippen molar-refractivity contribution in [2.45, 2.75) is 13.2 Å². The van der Waals surface area contributed by atoms with Gasteiger partial charge >= 0.3 is 0 Å². The molecule has 0 aliphatic heterocycles. The summed E-state index contributed by atoms with van der Waals surface area (Å²) in [5.41, 5.74) is 5.18. The molecule has 0 aliphatic rings. The van der Waals surface area contributed by atoms with E-state index < -0.39 is 5.91 Å². The number of hydroxylamine groups is 1. The molecule has 0 radical (unpaired) electrons. The van der Waals surface area contributed by atoms with Crippen LogP contribution in [0.3, 0.4) is 0 Å². The zero-order chi connectivity index (χ0) is 16.8. The van der Waals surface area contributed by atoms with E-state index in [1.807, 2.05) is 48.5 Å². The van der Waals surface area contributed by atoms with E-state index in [1.165, 1.54) is 6.08 Å². The predicted molar refractivity (Wildman–Crippen MR) is 90.0 cm³/mol. The van der Waals surface area contributed by atoms with Crippen LogP contribution in [0.25, 0.3) is 17.1 Å². The standard InChI is InChI=1S/C18H17N3O3/c22-18(21-23)9-7-13-6-8-15-16(10-13)20-17(19-15)12-24-11-14-4-2-1-3-5-14/h1-10,23H,11-12H2,(H,19,20)(H,21,22)/b9-7+. The van der Waals surface area contributed by atoms with Gasteiger partial charge in [-0.05, 0) is 29.3 Å². The highest BCUT2D eigenvalue weighted by molar-refractivity contribution is 5.91. The fourth-order valence-electron chi connectivity index (χ4n) is 2.30. The van der Waals surface area contributed by atoms with Gasteiger partial charge in [-0.3, -0.25) is 10.0 Å². The highest BCUT2D eigenvalue weighted by atomic mass is 16.5. The van der Waals surface area contributed by atoms with Crippen LogP contribution in [0.15, 0.2) is 54.6 Å². The molecule has 0 spiro atoms. The van der Waals surface area contributed by atoms with E-state index in [9.17, 15) is 4.79 Å². The maximum atomic E-state index is 11.0. The zero-order valence-electron chi connectivity index (χ0n) is 12.9. The van der Waals surface area contributed by atoms with Gasteiger partial charge in [0.15, 0.2) is 0 Å². The van der Waals surface area contributed by atoms with Gasteiger partial charge in [-0.1, -0.05) is 36.4 Å². The molecule has 1 heterocycles. The fraction of sp³-hybridized carbons (Fsp3) is 0.111. The average Bonchev–Trinajstić information content (AvgIpc) is 3.02. The van der Waals surface area contributed by atoms with Crippen LogP contribution in [-0.2, 0) is 22.7 Å². The minimum atomic E-state index is -0.574. The topological polar surface area (TPSA) is 87.2 Å². The number of carbonyl (C=O) groups excluding carboxylic acids is 1. The Morgan fingerprint density at radius 1 is 1.21 bits per heavy atom. The van der Waals surface area contributed by atoms with Crippen LogP contribution in [0.2, 0.25) is 0 Å². The van der Waals surface area contributed by atoms with Crippen LogP contribution in [0.4, 0.5) is 0 Å². The van der Waals surface area contributed by atoms with E-state index in [0.29, 0.717) is 13.2 Å². The Labute approximate surface area is 138 Å². The number of aromatic nitrogens is 2. The Hall–Kier alpha value is -2.96. The Kier molecular flexibility index (Phi) is 5.00. The lowest BCUT2D eigenvalue weighted by molar-refractivity contribution is -0.124. The Bertz CT molecular complexity index is 856. The molecular formula is C18H17N3O3. The van der Waals surface area contributed by atoms with Crippen molar-refractivity contribution in [1.29, 1.82) is 0 Å². The number of amides is 1. The molecule has 0 unspecified atom stereocenters. The van der Waals surface area contributed by atoms with Gasteiger partial charge in [0.2, 0.25) is 0 Å². The molecule has 1 amide bonds. The van der Waals surface area contributed by atoms with Crippen molar-refractivity contribution in [3.63, 3.8) is 0 Å². The average molecular weight is 323 g/mol. The first-order valence-corrected chi connectivity index (χ1v) is 7.47. The lowest BCUT2D eigenvalue weighted by Crippen LogP contribution is -2.14. The first kappa shape index (κ1) is 15.9. The molecule has 1 aromatic heterocycles. The minimum Gasteiger partial charge on any atom is -0.369 e. The van der Waals surface area contributed by atoms with Crippen LogP contribution in [0, 0.1) is 0 Å². The lowest BCUT2D eigenvalue weighted by atomic mass is 10.2. The molecule has 0 bridgehead atoms. The monoisotopic (exact) mass is 323 g/mol. The van der Waals surface area contributed by atoms with E-state index in [0.717, 1.165) is 28.0 Å². The third-order valence-electron chi connectivity index (χ3n) is 3.44. The summed E-state index contributed by atoms with van der Waals surface area (Å²) in [4.78, 5) is 18.7. The van der Waals surface area contributed by atoms with Gasteiger partial charge in [0.1, 0.15) is 12.4 Å². The summed E-state index contributed by atoms with van der Waals surface area (Å²) in [7, 11) is 0. The summed E-state index contributed by atoms with van der Waals surface area (Å²) in [6.07, 6.45) is 2.86. The summed E-state index contributed by atoms with van der Waals surface area (Å²) < 4.78 is 5.67. The van der Waals surface area contributed by atoms with Crippen molar-refractivity contribution in [2.75, 3.05) is 0 Å². The number of ether oxygens (including phenoxy) is 1. The molecule has 3 rings (SSSR count). The van der Waals surface area contributed by atoms with Crippen LogP contribution >= 0.6 is 0 Å². The molecule has 3 N–H and O–H groups in total. The molecular weight excluding hydrogens is 306 g/mol. The smallest absolute Gasteiger partial charge is 0.267 e. The van der Waals surface area contributed by atoms with Crippen LogP contribution in [-0.4, -0.2) is 21.1 Å². The summed E-state index contributed by atoms with van der Waals surface area (Å²) in [6, 6.07) is 15.5. The summed E-state index contributed by atoms with van der Waals surface area (Å²) in [6.45, 7) is 0.920. The predicted octanol–water partition coefficient (Wildman–Crippen LogP) is 2.80. The normalized spacial score (nSPS) is 11.2. The van der Waals surface area contributed by atoms with Gasteiger partial charge in [0.25, 0.3) is 5.91 Å². The molecule has 0 atom stereocenters. The molecule has 0 saturated carbocycles. The number of rotatable bonds is 6. The number of hydrogen-bond acceptors (Lipinski definition) is 4. The molecule has 24 heavy (non-hydrogen) atoms. The third kappa shape index (κ3) is 4.07. The number of H-pyrrole nitrogens is 1. The molecule has 0 aliphatic carbocycles. The van der Waals surface area contributed by atoms with Crippen molar-refractivity contribution >= 4 is 23.0 Å². The van der Waals surface area contributed by atoms with Gasteiger partial charge in [-0.25, -0.2) is 10.5 Å². The fourth-order valence-corrected chi connectivity index (χ4v) is 2.30. The first-order valence-electron chi connectivity index (χ1n) is 7.47. The first-order chi connectivity index (χ1) is 11.7. The molecule has 6 nitrogen and oxygen atoms in total. The summed E-state index contributed by atoms with van der Waals surface area (Å²) in [5.74, 6) is 0.171. The maximum Gasteiger partial charge on any atom is 0.267 e. The number of imidazole rings is 1. The molecule has 122 valence electrons. The SMILES string of the molecule is O=C(/C=C/c1ccc2nc(COCc3ccccc3)[nH]c2c1)NO. The molecule has 6 heteroatoms. The number of nitrogens with one attached hydrogen (secondary N) is 2. The van der Waals surface area contributed by atoms with E-state index in [4.69, 9.17) is 9.94 Å².